The van der Waals surface area contributed by atoms with Gasteiger partial charge in [0.25, 0.3) is 0 Å². The Balaban J connectivity index is 2.25. The van der Waals surface area contributed by atoms with Crippen LogP contribution in [0.4, 0.5) is 5.69 Å². The van der Waals surface area contributed by atoms with Gasteiger partial charge in [-0.1, -0.05) is 15.9 Å². The quantitative estimate of drug-likeness (QED) is 0.485. The number of carbonyl (C=O) groups is 1. The molecule has 7 heteroatoms. The van der Waals surface area contributed by atoms with E-state index in [2.05, 4.69) is 15.9 Å². The third kappa shape index (κ3) is 2.55. The summed E-state index contributed by atoms with van der Waals surface area (Å²) < 4.78 is 10.6. The van der Waals surface area contributed by atoms with E-state index in [9.17, 15) is 14.9 Å². The molecular formula is C10H8BrNO5. The molecule has 6 nitrogen and oxygen atoms in total. The standard InChI is InChI=1S/C10H8BrNO5/c11-6-1-2-8(7(5-6)12(14)15)17-9-3-4-16-10(9)13/h1-2,5,9H,3-4H2. The molecule has 1 atom stereocenters. The number of nitro groups is 1. The normalized spacial score (nSPS) is 18.9. The molecular weight excluding hydrogens is 294 g/mol. The lowest BCUT2D eigenvalue weighted by molar-refractivity contribution is -0.386. The Morgan fingerprint density at radius 1 is 1.53 bits per heavy atom. The van der Waals surface area contributed by atoms with Crippen LogP contribution in [0.5, 0.6) is 5.75 Å². The summed E-state index contributed by atoms with van der Waals surface area (Å²) in [6, 6.07) is 4.39. The lowest BCUT2D eigenvalue weighted by atomic mass is 10.2. The molecule has 1 aromatic carbocycles. The molecule has 0 radical (unpaired) electrons. The largest absolute Gasteiger partial charge is 0.471 e. The summed E-state index contributed by atoms with van der Waals surface area (Å²) in [7, 11) is 0. The maximum Gasteiger partial charge on any atom is 0.347 e. The summed E-state index contributed by atoms with van der Waals surface area (Å²) in [5.41, 5.74) is -0.181. The van der Waals surface area contributed by atoms with Gasteiger partial charge >= 0.3 is 11.7 Å². The molecule has 1 fully saturated rings. The smallest absolute Gasteiger partial charge is 0.347 e. The van der Waals surface area contributed by atoms with Crippen LogP contribution in [0.1, 0.15) is 6.42 Å². The van der Waals surface area contributed by atoms with Crippen molar-refractivity contribution < 1.29 is 19.2 Å². The minimum atomic E-state index is -0.755. The van der Waals surface area contributed by atoms with Crippen LogP contribution in [-0.2, 0) is 9.53 Å². The van der Waals surface area contributed by atoms with Gasteiger partial charge in [-0.15, -0.1) is 0 Å². The molecule has 0 aromatic heterocycles. The lowest BCUT2D eigenvalue weighted by Crippen LogP contribution is -2.22. The Hall–Kier alpha value is -1.63. The number of ether oxygens (including phenoxy) is 2. The Labute approximate surface area is 105 Å². The molecule has 0 bridgehead atoms. The minimum absolute atomic E-state index is 0.0713. The molecule has 0 aliphatic carbocycles. The molecule has 0 spiro atoms. The topological polar surface area (TPSA) is 78.7 Å². The highest BCUT2D eigenvalue weighted by molar-refractivity contribution is 9.10. The second kappa shape index (κ2) is 4.70. The van der Waals surface area contributed by atoms with Gasteiger partial charge in [-0.3, -0.25) is 10.1 Å². The summed E-state index contributed by atoms with van der Waals surface area (Å²) in [6.45, 7) is 0.286. The Bertz CT molecular complexity index is 476. The summed E-state index contributed by atoms with van der Waals surface area (Å²) >= 11 is 3.14. The van der Waals surface area contributed by atoms with Crippen LogP contribution in [0.3, 0.4) is 0 Å². The Morgan fingerprint density at radius 2 is 2.29 bits per heavy atom. The van der Waals surface area contributed by atoms with Gasteiger partial charge in [0.05, 0.1) is 11.5 Å². The first-order chi connectivity index (χ1) is 8.08. The van der Waals surface area contributed by atoms with E-state index in [1.54, 1.807) is 6.07 Å². The number of carbonyl (C=O) groups excluding carboxylic acids is 1. The van der Waals surface area contributed by atoms with Crippen molar-refractivity contribution in [3.63, 3.8) is 0 Å². The van der Waals surface area contributed by atoms with E-state index in [1.165, 1.54) is 12.1 Å². The summed E-state index contributed by atoms with van der Waals surface area (Å²) in [6.07, 6.45) is -0.346. The van der Waals surface area contributed by atoms with Gasteiger partial charge in [0.2, 0.25) is 0 Å². The summed E-state index contributed by atoms with van der Waals surface area (Å²) in [5.74, 6) is -0.413. The highest BCUT2D eigenvalue weighted by Crippen LogP contribution is 2.31. The van der Waals surface area contributed by atoms with Crippen molar-refractivity contribution in [3.8, 4) is 5.75 Å². The summed E-state index contributed by atoms with van der Waals surface area (Å²) in [4.78, 5) is 21.5. The van der Waals surface area contributed by atoms with Crippen LogP contribution in [0.25, 0.3) is 0 Å². The molecule has 17 heavy (non-hydrogen) atoms. The molecule has 1 saturated heterocycles. The predicted molar refractivity (Wildman–Crippen MR) is 60.8 cm³/mol. The van der Waals surface area contributed by atoms with Crippen molar-refractivity contribution in [2.24, 2.45) is 0 Å². The first-order valence-electron chi connectivity index (χ1n) is 4.85. The molecule has 0 N–H and O–H groups in total. The van der Waals surface area contributed by atoms with Gasteiger partial charge in [0.1, 0.15) is 0 Å². The van der Waals surface area contributed by atoms with Gasteiger partial charge in [-0.25, -0.2) is 4.79 Å². The van der Waals surface area contributed by atoms with E-state index in [-0.39, 0.29) is 18.0 Å². The molecule has 1 aliphatic heterocycles. The van der Waals surface area contributed by atoms with Crippen LogP contribution in [0.15, 0.2) is 22.7 Å². The van der Waals surface area contributed by atoms with Crippen molar-refractivity contribution in [3.05, 3.63) is 32.8 Å². The number of halogens is 1. The van der Waals surface area contributed by atoms with E-state index < -0.39 is 17.0 Å². The van der Waals surface area contributed by atoms with Crippen LogP contribution in [-0.4, -0.2) is 23.6 Å². The molecule has 1 heterocycles. The van der Waals surface area contributed by atoms with Crippen molar-refractivity contribution in [2.45, 2.75) is 12.5 Å². The number of esters is 1. The van der Waals surface area contributed by atoms with E-state index in [1.807, 2.05) is 0 Å². The highest BCUT2D eigenvalue weighted by Gasteiger charge is 2.30. The monoisotopic (exact) mass is 301 g/mol. The molecule has 1 aromatic rings. The number of rotatable bonds is 3. The molecule has 1 aliphatic rings. The van der Waals surface area contributed by atoms with Crippen molar-refractivity contribution in [1.82, 2.24) is 0 Å². The first kappa shape index (κ1) is 11.8. The lowest BCUT2D eigenvalue weighted by Gasteiger charge is -2.10. The van der Waals surface area contributed by atoms with Crippen LogP contribution in [0.2, 0.25) is 0 Å². The van der Waals surface area contributed by atoms with E-state index in [0.29, 0.717) is 10.9 Å². The van der Waals surface area contributed by atoms with E-state index in [4.69, 9.17) is 9.47 Å². The fourth-order valence-electron chi connectivity index (χ4n) is 1.47. The second-order valence-electron chi connectivity index (χ2n) is 3.43. The van der Waals surface area contributed by atoms with Crippen molar-refractivity contribution >= 4 is 27.6 Å². The van der Waals surface area contributed by atoms with Crippen LogP contribution < -0.4 is 4.74 Å². The molecule has 2 rings (SSSR count). The number of hydrogen-bond acceptors (Lipinski definition) is 5. The Kier molecular flexibility index (Phi) is 3.28. The fourth-order valence-corrected chi connectivity index (χ4v) is 1.82. The zero-order valence-corrected chi connectivity index (χ0v) is 10.2. The number of cyclic esters (lactones) is 1. The molecule has 90 valence electrons. The van der Waals surface area contributed by atoms with Crippen molar-refractivity contribution in [2.75, 3.05) is 6.61 Å². The number of nitro benzene ring substituents is 1. The maximum atomic E-state index is 11.2. The van der Waals surface area contributed by atoms with E-state index in [0.717, 1.165) is 0 Å². The zero-order chi connectivity index (χ0) is 12.4. The van der Waals surface area contributed by atoms with E-state index >= 15 is 0 Å². The number of benzene rings is 1. The fraction of sp³-hybridized carbons (Fsp3) is 0.300. The SMILES string of the molecule is O=C1OCCC1Oc1ccc(Br)cc1[N+](=O)[O-]. The van der Waals surface area contributed by atoms with Gasteiger partial charge in [-0.2, -0.15) is 0 Å². The maximum absolute atomic E-state index is 11.2. The van der Waals surface area contributed by atoms with Gasteiger partial charge in [0.15, 0.2) is 11.9 Å². The average molecular weight is 302 g/mol. The summed E-state index contributed by atoms with van der Waals surface area (Å²) in [5, 5.41) is 10.8. The third-order valence-corrected chi connectivity index (χ3v) is 2.77. The second-order valence-corrected chi connectivity index (χ2v) is 4.35. The zero-order valence-electron chi connectivity index (χ0n) is 8.59. The minimum Gasteiger partial charge on any atom is -0.471 e. The van der Waals surface area contributed by atoms with Gasteiger partial charge in [-0.05, 0) is 12.1 Å². The van der Waals surface area contributed by atoms with Gasteiger partial charge < -0.3 is 9.47 Å². The number of nitrogens with zero attached hydrogens (tertiary/aromatic N) is 1. The predicted octanol–water partition coefficient (Wildman–Crippen LogP) is 2.05. The molecule has 0 saturated carbocycles. The van der Waals surface area contributed by atoms with Gasteiger partial charge in [0, 0.05) is 17.0 Å². The third-order valence-electron chi connectivity index (χ3n) is 2.27. The molecule has 0 amide bonds. The van der Waals surface area contributed by atoms with Crippen LogP contribution in [0, 0.1) is 10.1 Å². The number of hydrogen-bond donors (Lipinski definition) is 0. The average Bonchev–Trinajstić information content (AvgIpc) is 2.67. The molecule has 1 unspecified atom stereocenters. The Morgan fingerprint density at radius 3 is 2.88 bits per heavy atom. The highest BCUT2D eigenvalue weighted by atomic mass is 79.9. The van der Waals surface area contributed by atoms with Crippen molar-refractivity contribution in [1.29, 1.82) is 0 Å². The first-order valence-corrected chi connectivity index (χ1v) is 5.64. The van der Waals surface area contributed by atoms with Crippen LogP contribution >= 0.6 is 15.9 Å².